The van der Waals surface area contributed by atoms with Gasteiger partial charge in [0.15, 0.2) is 0 Å². The van der Waals surface area contributed by atoms with Crippen LogP contribution in [0.3, 0.4) is 0 Å². The Bertz CT molecular complexity index is 700. The summed E-state index contributed by atoms with van der Waals surface area (Å²) in [5.41, 5.74) is 1.42. The van der Waals surface area contributed by atoms with Crippen molar-refractivity contribution in [2.24, 2.45) is 0 Å². The smallest absolute Gasteiger partial charge is 0.341 e. The van der Waals surface area contributed by atoms with Gasteiger partial charge in [-0.25, -0.2) is 9.59 Å². The van der Waals surface area contributed by atoms with Gasteiger partial charge >= 0.3 is 11.9 Å². The largest absolute Gasteiger partial charge is 0.478 e. The van der Waals surface area contributed by atoms with Gasteiger partial charge < -0.3 is 15.2 Å². The van der Waals surface area contributed by atoms with E-state index in [0.29, 0.717) is 16.9 Å². The highest BCUT2D eigenvalue weighted by Crippen LogP contribution is 2.27. The molecule has 2 N–H and O–H groups in total. The first-order valence-electron chi connectivity index (χ1n) is 6.00. The fraction of sp³-hybridized carbons (Fsp3) is 0.0667. The fourth-order valence-electron chi connectivity index (χ4n) is 1.86. The summed E-state index contributed by atoms with van der Waals surface area (Å²) in [6, 6.07) is 11.8. The molecule has 0 saturated heterocycles. The zero-order valence-corrected chi connectivity index (χ0v) is 13.2. The molecule has 2 aromatic carbocycles. The second kappa shape index (κ2) is 6.57. The summed E-state index contributed by atoms with van der Waals surface area (Å²) in [6.45, 7) is 0. The van der Waals surface area contributed by atoms with E-state index in [9.17, 15) is 14.7 Å². The number of carboxylic acid groups (broad SMARTS) is 1. The standard InChI is InChI=1S/C15H12INO4/c1-21-15(20)13-10(16)6-4-8-12(13)17-11-7-3-2-5-9(11)14(18)19/h2-8,17H,1H3,(H,18,19). The van der Waals surface area contributed by atoms with Crippen LogP contribution in [0, 0.1) is 3.57 Å². The van der Waals surface area contributed by atoms with Crippen molar-refractivity contribution in [2.75, 3.05) is 12.4 Å². The highest BCUT2D eigenvalue weighted by Gasteiger charge is 2.17. The summed E-state index contributed by atoms with van der Waals surface area (Å²) in [5, 5.41) is 12.2. The van der Waals surface area contributed by atoms with Gasteiger partial charge in [0, 0.05) is 3.57 Å². The summed E-state index contributed by atoms with van der Waals surface area (Å²) in [6.07, 6.45) is 0. The lowest BCUT2D eigenvalue weighted by Crippen LogP contribution is -2.09. The maximum Gasteiger partial charge on any atom is 0.341 e. The van der Waals surface area contributed by atoms with Gasteiger partial charge in [-0.05, 0) is 46.9 Å². The molecular formula is C15H12INO4. The Balaban J connectivity index is 2.48. The van der Waals surface area contributed by atoms with Crippen molar-refractivity contribution >= 4 is 45.9 Å². The predicted octanol–water partition coefficient (Wildman–Crippen LogP) is 3.52. The molecule has 0 saturated carbocycles. The molecule has 2 aromatic rings. The molecule has 0 bridgehead atoms. The van der Waals surface area contributed by atoms with Crippen LogP contribution < -0.4 is 5.32 Å². The van der Waals surface area contributed by atoms with E-state index < -0.39 is 11.9 Å². The zero-order chi connectivity index (χ0) is 15.4. The Kier molecular flexibility index (Phi) is 4.79. The second-order valence-corrected chi connectivity index (χ2v) is 5.29. The molecule has 0 radical (unpaired) electrons. The average molecular weight is 397 g/mol. The van der Waals surface area contributed by atoms with Crippen molar-refractivity contribution in [3.8, 4) is 0 Å². The number of carboxylic acids is 1. The number of carbonyl (C=O) groups is 2. The highest BCUT2D eigenvalue weighted by atomic mass is 127. The van der Waals surface area contributed by atoms with E-state index >= 15 is 0 Å². The molecule has 0 amide bonds. The van der Waals surface area contributed by atoms with Gasteiger partial charge in [0.2, 0.25) is 0 Å². The van der Waals surface area contributed by atoms with Gasteiger partial charge in [0.05, 0.1) is 29.6 Å². The predicted molar refractivity (Wildman–Crippen MR) is 87.2 cm³/mol. The van der Waals surface area contributed by atoms with Crippen LogP contribution in [0.4, 0.5) is 11.4 Å². The van der Waals surface area contributed by atoms with Gasteiger partial charge in [-0.3, -0.25) is 0 Å². The molecule has 0 heterocycles. The van der Waals surface area contributed by atoms with Crippen molar-refractivity contribution in [1.82, 2.24) is 0 Å². The number of para-hydroxylation sites is 1. The number of nitrogens with one attached hydrogen (secondary N) is 1. The topological polar surface area (TPSA) is 75.6 Å². The molecule has 0 aromatic heterocycles. The number of benzene rings is 2. The van der Waals surface area contributed by atoms with Crippen LogP contribution in [-0.4, -0.2) is 24.2 Å². The maximum atomic E-state index is 11.9. The van der Waals surface area contributed by atoms with Crippen molar-refractivity contribution in [3.05, 3.63) is 57.2 Å². The molecule has 5 nitrogen and oxygen atoms in total. The van der Waals surface area contributed by atoms with Gasteiger partial charge in [-0.15, -0.1) is 0 Å². The van der Waals surface area contributed by atoms with E-state index in [2.05, 4.69) is 5.32 Å². The van der Waals surface area contributed by atoms with Crippen molar-refractivity contribution in [2.45, 2.75) is 0 Å². The number of esters is 1. The lowest BCUT2D eigenvalue weighted by molar-refractivity contribution is 0.0600. The molecule has 0 aliphatic rings. The van der Waals surface area contributed by atoms with Crippen LogP contribution in [-0.2, 0) is 4.74 Å². The van der Waals surface area contributed by atoms with Gasteiger partial charge in [0.1, 0.15) is 0 Å². The summed E-state index contributed by atoms with van der Waals surface area (Å²) < 4.78 is 5.49. The molecule has 21 heavy (non-hydrogen) atoms. The number of rotatable bonds is 4. The van der Waals surface area contributed by atoms with E-state index in [1.807, 2.05) is 22.6 Å². The molecule has 0 spiro atoms. The number of hydrogen-bond donors (Lipinski definition) is 2. The summed E-state index contributed by atoms with van der Waals surface area (Å²) in [5.74, 6) is -1.52. The number of methoxy groups -OCH3 is 1. The number of anilines is 2. The van der Waals surface area contributed by atoms with Gasteiger partial charge in [0.25, 0.3) is 0 Å². The molecule has 2 rings (SSSR count). The van der Waals surface area contributed by atoms with Gasteiger partial charge in [-0.1, -0.05) is 18.2 Å². The molecule has 0 fully saturated rings. The fourth-order valence-corrected chi connectivity index (χ4v) is 2.58. The number of ether oxygens (including phenoxy) is 1. The Morgan fingerprint density at radius 2 is 1.76 bits per heavy atom. The second-order valence-electron chi connectivity index (χ2n) is 4.13. The van der Waals surface area contributed by atoms with Crippen LogP contribution in [0.2, 0.25) is 0 Å². The third-order valence-corrected chi connectivity index (χ3v) is 3.73. The highest BCUT2D eigenvalue weighted by molar-refractivity contribution is 14.1. The van der Waals surface area contributed by atoms with Crippen LogP contribution in [0.5, 0.6) is 0 Å². The van der Waals surface area contributed by atoms with E-state index in [1.165, 1.54) is 13.2 Å². The molecule has 0 aliphatic heterocycles. The summed E-state index contributed by atoms with van der Waals surface area (Å²) in [4.78, 5) is 23.1. The molecule has 108 valence electrons. The maximum absolute atomic E-state index is 11.9. The first-order chi connectivity index (χ1) is 10.0. The minimum atomic E-state index is -1.04. The third-order valence-electron chi connectivity index (χ3n) is 2.83. The van der Waals surface area contributed by atoms with E-state index in [0.717, 1.165) is 3.57 Å². The van der Waals surface area contributed by atoms with Crippen molar-refractivity contribution in [1.29, 1.82) is 0 Å². The Morgan fingerprint density at radius 1 is 1.10 bits per heavy atom. The lowest BCUT2D eigenvalue weighted by atomic mass is 10.1. The van der Waals surface area contributed by atoms with Crippen molar-refractivity contribution in [3.63, 3.8) is 0 Å². The molecule has 0 unspecified atom stereocenters. The van der Waals surface area contributed by atoms with Crippen molar-refractivity contribution < 1.29 is 19.4 Å². The number of carbonyl (C=O) groups excluding carboxylic acids is 1. The van der Waals surface area contributed by atoms with Gasteiger partial charge in [-0.2, -0.15) is 0 Å². The molecule has 0 aliphatic carbocycles. The molecule has 6 heteroatoms. The lowest BCUT2D eigenvalue weighted by Gasteiger charge is -2.13. The quantitative estimate of drug-likeness (QED) is 0.610. The zero-order valence-electron chi connectivity index (χ0n) is 11.1. The normalized spacial score (nSPS) is 10.0. The summed E-state index contributed by atoms with van der Waals surface area (Å²) in [7, 11) is 1.31. The Hall–Kier alpha value is -2.09. The van der Waals surface area contributed by atoms with Crippen LogP contribution >= 0.6 is 22.6 Å². The van der Waals surface area contributed by atoms with Crippen LogP contribution in [0.1, 0.15) is 20.7 Å². The van der Waals surface area contributed by atoms with Crippen LogP contribution in [0.15, 0.2) is 42.5 Å². The average Bonchev–Trinajstić information content (AvgIpc) is 2.47. The Morgan fingerprint density at radius 3 is 2.43 bits per heavy atom. The minimum absolute atomic E-state index is 0.132. The van der Waals surface area contributed by atoms with E-state index in [1.54, 1.807) is 36.4 Å². The number of hydrogen-bond acceptors (Lipinski definition) is 4. The Labute approximate surface area is 135 Å². The molecule has 0 atom stereocenters. The SMILES string of the molecule is COC(=O)c1c(I)cccc1Nc1ccccc1C(=O)O. The van der Waals surface area contributed by atoms with E-state index in [4.69, 9.17) is 4.74 Å². The number of halogens is 1. The minimum Gasteiger partial charge on any atom is -0.478 e. The summed E-state index contributed by atoms with van der Waals surface area (Å²) >= 11 is 2.03. The first kappa shape index (κ1) is 15.3. The van der Waals surface area contributed by atoms with Crippen LogP contribution in [0.25, 0.3) is 0 Å². The third kappa shape index (κ3) is 3.33. The molecular weight excluding hydrogens is 385 g/mol. The van der Waals surface area contributed by atoms with E-state index in [-0.39, 0.29) is 5.56 Å². The first-order valence-corrected chi connectivity index (χ1v) is 7.08. The number of aromatic carboxylic acids is 1. The monoisotopic (exact) mass is 397 g/mol.